The summed E-state index contributed by atoms with van der Waals surface area (Å²) in [6, 6.07) is 0.329. The van der Waals surface area contributed by atoms with Crippen molar-refractivity contribution >= 4 is 28.5 Å². The summed E-state index contributed by atoms with van der Waals surface area (Å²) >= 11 is 1.50. The van der Waals surface area contributed by atoms with Gasteiger partial charge in [0.15, 0.2) is 5.13 Å². The number of hydrogen-bond acceptors (Lipinski definition) is 5. The van der Waals surface area contributed by atoms with E-state index in [9.17, 15) is 9.59 Å². The van der Waals surface area contributed by atoms with E-state index in [1.165, 1.54) is 43.4 Å². The molecular weight excluding hydrogens is 434 g/mol. The minimum Gasteiger partial charge on any atom is -0.447 e. The Bertz CT molecular complexity index is 974. The largest absolute Gasteiger partial charge is 0.447 e. The predicted octanol–water partition coefficient (Wildman–Crippen LogP) is 5.82. The Morgan fingerprint density at radius 3 is 2.76 bits per heavy atom. The maximum Gasteiger partial charge on any atom is 0.413 e. The van der Waals surface area contributed by atoms with Gasteiger partial charge in [-0.1, -0.05) is 19.9 Å². The highest BCUT2D eigenvalue weighted by Gasteiger charge is 2.60. The fourth-order valence-corrected chi connectivity index (χ4v) is 8.81. The Kier molecular flexibility index (Phi) is 5.62. The summed E-state index contributed by atoms with van der Waals surface area (Å²) < 4.78 is 5.21. The van der Waals surface area contributed by atoms with E-state index < -0.39 is 6.09 Å². The van der Waals surface area contributed by atoms with Gasteiger partial charge in [-0.25, -0.2) is 9.78 Å². The Balaban J connectivity index is 1.35. The molecule has 1 N–H and O–H groups in total. The van der Waals surface area contributed by atoms with Crippen LogP contribution in [0.1, 0.15) is 77.8 Å². The molecule has 0 aromatic carbocycles. The van der Waals surface area contributed by atoms with Crippen LogP contribution in [0.4, 0.5) is 9.93 Å². The smallest absolute Gasteiger partial charge is 0.413 e. The summed E-state index contributed by atoms with van der Waals surface area (Å²) in [5.74, 6) is 2.63. The van der Waals surface area contributed by atoms with Gasteiger partial charge in [0.2, 0.25) is 5.91 Å². The van der Waals surface area contributed by atoms with Gasteiger partial charge in [-0.3, -0.25) is 10.1 Å². The zero-order chi connectivity index (χ0) is 23.5. The third-order valence-corrected chi connectivity index (χ3v) is 10.3. The Morgan fingerprint density at radius 2 is 2.00 bits per heavy atom. The van der Waals surface area contributed by atoms with Gasteiger partial charge in [-0.15, -0.1) is 11.3 Å². The number of thiazole rings is 1. The molecule has 3 fully saturated rings. The van der Waals surface area contributed by atoms with Gasteiger partial charge in [0.05, 0.1) is 11.8 Å². The molecule has 6 nitrogen and oxygen atoms in total. The molecule has 7 heteroatoms. The van der Waals surface area contributed by atoms with Crippen LogP contribution in [0.25, 0.3) is 0 Å². The molecule has 1 aromatic rings. The van der Waals surface area contributed by atoms with Crippen LogP contribution < -0.4 is 5.32 Å². The highest BCUT2D eigenvalue weighted by Crippen LogP contribution is 2.67. The van der Waals surface area contributed by atoms with E-state index in [1.807, 2.05) is 31.9 Å². The number of carbonyl (C=O) groups is 2. The number of rotatable bonds is 3. The van der Waals surface area contributed by atoms with E-state index >= 15 is 0 Å². The van der Waals surface area contributed by atoms with Crippen molar-refractivity contribution in [2.45, 2.75) is 84.3 Å². The average Bonchev–Trinajstić information content (AvgIpc) is 3.33. The zero-order valence-corrected chi connectivity index (χ0v) is 21.3. The van der Waals surface area contributed by atoms with Crippen LogP contribution in [0.3, 0.4) is 0 Å². The van der Waals surface area contributed by atoms with E-state index in [0.717, 1.165) is 12.1 Å². The molecule has 0 saturated heterocycles. The minimum atomic E-state index is -0.434. The lowest BCUT2D eigenvalue weighted by atomic mass is 9.47. The van der Waals surface area contributed by atoms with Crippen molar-refractivity contribution in [2.75, 3.05) is 12.4 Å². The molecule has 2 amide bonds. The van der Waals surface area contributed by atoms with Crippen molar-refractivity contribution in [3.63, 3.8) is 0 Å². The number of hydrogen-bond donors (Lipinski definition) is 1. The quantitative estimate of drug-likeness (QED) is 0.603. The summed E-state index contributed by atoms with van der Waals surface area (Å²) in [6.45, 7) is 8.58. The minimum absolute atomic E-state index is 0.0828. The molecule has 7 atom stereocenters. The molecule has 4 aliphatic rings. The van der Waals surface area contributed by atoms with E-state index in [4.69, 9.17) is 9.72 Å². The van der Waals surface area contributed by atoms with Crippen molar-refractivity contribution in [3.05, 3.63) is 23.2 Å². The van der Waals surface area contributed by atoms with Crippen LogP contribution in [0.2, 0.25) is 0 Å². The lowest BCUT2D eigenvalue weighted by Crippen LogP contribution is -2.59. The van der Waals surface area contributed by atoms with Crippen LogP contribution >= 0.6 is 11.3 Å². The highest BCUT2D eigenvalue weighted by atomic mass is 32.1. The molecule has 1 aliphatic heterocycles. The topological polar surface area (TPSA) is 71.5 Å². The summed E-state index contributed by atoms with van der Waals surface area (Å²) in [5.41, 5.74) is 1.46. The number of aromatic nitrogens is 1. The van der Waals surface area contributed by atoms with Crippen LogP contribution in [-0.2, 0) is 9.53 Å². The molecule has 1 aromatic heterocycles. The molecule has 0 radical (unpaired) electrons. The summed E-state index contributed by atoms with van der Waals surface area (Å²) in [7, 11) is 1.98. The van der Waals surface area contributed by atoms with E-state index in [1.54, 1.807) is 0 Å². The fourth-order valence-electron chi connectivity index (χ4n) is 8.06. The van der Waals surface area contributed by atoms with Gasteiger partial charge in [0.1, 0.15) is 0 Å². The number of carbonyl (C=O) groups excluding carboxylic acids is 2. The van der Waals surface area contributed by atoms with E-state index in [2.05, 4.69) is 30.6 Å². The first-order valence-electron chi connectivity index (χ1n) is 12.5. The number of amides is 2. The second-order valence-corrected chi connectivity index (χ2v) is 12.3. The normalized spacial score (nSPS) is 39.8. The van der Waals surface area contributed by atoms with Gasteiger partial charge < -0.3 is 9.64 Å². The number of anilines is 1. The number of fused-ring (bicyclic) bond motifs is 5. The maximum atomic E-state index is 12.3. The van der Waals surface area contributed by atoms with Crippen LogP contribution in [0, 0.1) is 28.6 Å². The van der Waals surface area contributed by atoms with Crippen molar-refractivity contribution in [3.8, 4) is 0 Å². The molecule has 33 heavy (non-hydrogen) atoms. The van der Waals surface area contributed by atoms with Crippen LogP contribution in [0.15, 0.2) is 17.5 Å². The Hall–Kier alpha value is -1.89. The van der Waals surface area contributed by atoms with Crippen LogP contribution in [0.5, 0.6) is 0 Å². The molecule has 180 valence electrons. The zero-order valence-electron chi connectivity index (χ0n) is 20.5. The Morgan fingerprint density at radius 1 is 1.21 bits per heavy atom. The highest BCUT2D eigenvalue weighted by molar-refractivity contribution is 7.13. The third-order valence-electron chi connectivity index (χ3n) is 9.56. The number of nitrogens with zero attached hydrogens (tertiary/aromatic N) is 2. The summed E-state index contributed by atoms with van der Waals surface area (Å²) in [6.07, 6.45) is 10.6. The van der Waals surface area contributed by atoms with Crippen LogP contribution in [-0.4, -0.2) is 41.1 Å². The van der Waals surface area contributed by atoms with Gasteiger partial charge in [-0.2, -0.15) is 0 Å². The monoisotopic (exact) mass is 471 g/mol. The SMILES string of the molecule is CC(C)OC(=O)Nc1nc(C2CC[C@H]3[C@@H]4CCC5N(C)C(=O)C=C[C@]5(C)[C@@H]4CC[C@]23C)cs1. The standard InChI is InChI=1S/C26H37N3O3S/c1-15(2)32-24(31)28-23-27-20(14-33-23)19-8-7-17-16-6-9-21-26(4,13-11-22(30)29(21)5)18(16)10-12-25(17,19)3/h11,13-19,21H,6-10,12H2,1-5H3,(H,27,28,31)/t16-,17-,18+,19?,21?,25-,26+/m0/s1. The maximum absolute atomic E-state index is 12.3. The molecular formula is C26H37N3O3S. The third kappa shape index (κ3) is 3.62. The molecule has 3 saturated carbocycles. The molecule has 2 unspecified atom stereocenters. The van der Waals surface area contributed by atoms with Gasteiger partial charge in [0.25, 0.3) is 0 Å². The second kappa shape index (κ2) is 8.10. The van der Waals surface area contributed by atoms with Gasteiger partial charge in [0, 0.05) is 29.8 Å². The predicted molar refractivity (Wildman–Crippen MR) is 130 cm³/mol. The van der Waals surface area contributed by atoms with Gasteiger partial charge in [-0.05, 0) is 81.6 Å². The van der Waals surface area contributed by atoms with Gasteiger partial charge >= 0.3 is 6.09 Å². The Labute approximate surface area is 201 Å². The first kappa shape index (κ1) is 22.9. The first-order chi connectivity index (χ1) is 15.6. The second-order valence-electron chi connectivity index (χ2n) is 11.4. The molecule has 0 bridgehead atoms. The van der Waals surface area contributed by atoms with Crippen molar-refractivity contribution in [1.29, 1.82) is 0 Å². The fraction of sp³-hybridized carbons (Fsp3) is 0.731. The van der Waals surface area contributed by atoms with Crippen molar-refractivity contribution in [1.82, 2.24) is 9.88 Å². The summed E-state index contributed by atoms with van der Waals surface area (Å²) in [5, 5.41) is 5.56. The van der Waals surface area contributed by atoms with Crippen molar-refractivity contribution < 1.29 is 14.3 Å². The average molecular weight is 472 g/mol. The number of ether oxygens (including phenoxy) is 1. The van der Waals surface area contributed by atoms with Crippen molar-refractivity contribution in [2.24, 2.45) is 28.6 Å². The molecule has 2 heterocycles. The molecule has 3 aliphatic carbocycles. The summed E-state index contributed by atoms with van der Waals surface area (Å²) in [4.78, 5) is 31.1. The number of nitrogens with one attached hydrogen (secondary N) is 1. The molecule has 5 rings (SSSR count). The molecule has 0 spiro atoms. The first-order valence-corrected chi connectivity index (χ1v) is 13.4. The van der Waals surface area contributed by atoms with E-state index in [0.29, 0.717) is 34.8 Å². The number of likely N-dealkylation sites (N-methyl/N-ethyl adjacent to an activating group) is 1. The lowest BCUT2D eigenvalue weighted by Gasteiger charge is -2.60. The van der Waals surface area contributed by atoms with E-state index in [-0.39, 0.29) is 22.8 Å². The lowest BCUT2D eigenvalue weighted by molar-refractivity contribution is -0.138.